The number of benzene rings is 1. The summed E-state index contributed by atoms with van der Waals surface area (Å²) in [5.41, 5.74) is 5.90. The maximum Gasteiger partial charge on any atom is 0.216 e. The largest absolute Gasteiger partial charge is 0.329 e. The minimum Gasteiger partial charge on any atom is -0.329 e. The Morgan fingerprint density at radius 1 is 1.33 bits per heavy atom. The predicted molar refractivity (Wildman–Crippen MR) is 81.6 cm³/mol. The van der Waals surface area contributed by atoms with Gasteiger partial charge < -0.3 is 5.73 Å². The summed E-state index contributed by atoms with van der Waals surface area (Å²) in [5, 5.41) is 0. The van der Waals surface area contributed by atoms with Gasteiger partial charge in [0.2, 0.25) is 10.0 Å². The topological polar surface area (TPSA) is 72.2 Å². The average molecular weight is 314 g/mol. The van der Waals surface area contributed by atoms with Crippen molar-refractivity contribution in [1.29, 1.82) is 0 Å². The van der Waals surface area contributed by atoms with Crippen LogP contribution in [-0.2, 0) is 15.8 Å². The molecule has 1 aromatic rings. The van der Waals surface area contributed by atoms with E-state index in [1.807, 2.05) is 6.92 Å². The van der Waals surface area contributed by atoms with Gasteiger partial charge in [0.1, 0.15) is 5.82 Å². The Morgan fingerprint density at radius 2 is 2.00 bits per heavy atom. The number of hydrogen-bond donors (Lipinski definition) is 2. The highest BCUT2D eigenvalue weighted by atomic mass is 32.2. The third kappa shape index (κ3) is 4.02. The number of rotatable bonds is 5. The van der Waals surface area contributed by atoms with Crippen molar-refractivity contribution in [3.63, 3.8) is 0 Å². The number of hydrogen-bond acceptors (Lipinski definition) is 3. The van der Waals surface area contributed by atoms with Crippen molar-refractivity contribution in [3.05, 3.63) is 35.6 Å². The van der Waals surface area contributed by atoms with Crippen LogP contribution in [0.4, 0.5) is 4.39 Å². The molecule has 0 aromatic heterocycles. The third-order valence-electron chi connectivity index (χ3n) is 4.45. The van der Waals surface area contributed by atoms with Crippen LogP contribution in [-0.4, -0.2) is 20.5 Å². The van der Waals surface area contributed by atoms with Gasteiger partial charge >= 0.3 is 0 Å². The number of nitrogens with two attached hydrogens (primary N) is 1. The van der Waals surface area contributed by atoms with E-state index in [2.05, 4.69) is 4.72 Å². The molecule has 1 fully saturated rings. The van der Waals surface area contributed by atoms with Crippen molar-refractivity contribution >= 4 is 10.0 Å². The lowest BCUT2D eigenvalue weighted by atomic mass is 9.74. The van der Waals surface area contributed by atoms with Crippen LogP contribution in [0.25, 0.3) is 0 Å². The molecule has 0 spiro atoms. The van der Waals surface area contributed by atoms with Crippen LogP contribution in [0, 0.1) is 11.7 Å². The van der Waals surface area contributed by atoms with Crippen LogP contribution >= 0.6 is 0 Å². The lowest BCUT2D eigenvalue weighted by molar-refractivity contribution is 0.191. The van der Waals surface area contributed by atoms with Crippen LogP contribution < -0.4 is 10.5 Å². The average Bonchev–Trinajstić information content (AvgIpc) is 2.43. The Bertz CT molecular complexity index is 574. The van der Waals surface area contributed by atoms with Crippen molar-refractivity contribution < 1.29 is 12.8 Å². The minimum atomic E-state index is -3.50. The maximum atomic E-state index is 12.9. The Labute approximate surface area is 126 Å². The molecule has 1 aliphatic rings. The number of sulfonamides is 1. The molecule has 1 aromatic carbocycles. The SMILES string of the molecule is CC1CCCCC1(CN)NS(=O)(=O)Cc1ccc(F)cc1. The highest BCUT2D eigenvalue weighted by Crippen LogP contribution is 2.33. The number of nitrogens with one attached hydrogen (secondary N) is 1. The molecule has 0 saturated heterocycles. The molecule has 2 unspecified atom stereocenters. The molecule has 0 radical (unpaired) electrons. The first-order chi connectivity index (χ1) is 9.87. The summed E-state index contributed by atoms with van der Waals surface area (Å²) in [5.74, 6) is -0.301. The van der Waals surface area contributed by atoms with Gasteiger partial charge in [-0.2, -0.15) is 0 Å². The molecule has 118 valence electrons. The Hall–Kier alpha value is -0.980. The van der Waals surface area contributed by atoms with Gasteiger partial charge in [-0.1, -0.05) is 31.9 Å². The molecular weight excluding hydrogens is 291 g/mol. The zero-order valence-electron chi connectivity index (χ0n) is 12.3. The van der Waals surface area contributed by atoms with Crippen molar-refractivity contribution in [3.8, 4) is 0 Å². The fraction of sp³-hybridized carbons (Fsp3) is 0.600. The second-order valence-corrected chi connectivity index (χ2v) is 7.72. The van der Waals surface area contributed by atoms with E-state index >= 15 is 0 Å². The van der Waals surface area contributed by atoms with E-state index in [1.54, 1.807) is 0 Å². The van der Waals surface area contributed by atoms with Gasteiger partial charge in [-0.15, -0.1) is 0 Å². The molecule has 0 amide bonds. The second-order valence-electron chi connectivity index (χ2n) is 5.99. The van der Waals surface area contributed by atoms with E-state index in [0.717, 1.165) is 25.7 Å². The summed E-state index contributed by atoms with van der Waals surface area (Å²) >= 11 is 0. The molecule has 0 aliphatic heterocycles. The highest BCUT2D eigenvalue weighted by molar-refractivity contribution is 7.88. The molecule has 3 N–H and O–H groups in total. The van der Waals surface area contributed by atoms with Gasteiger partial charge in [-0.05, 0) is 36.5 Å². The highest BCUT2D eigenvalue weighted by Gasteiger charge is 2.40. The van der Waals surface area contributed by atoms with Crippen LogP contribution in [0.3, 0.4) is 0 Å². The van der Waals surface area contributed by atoms with E-state index in [1.165, 1.54) is 24.3 Å². The first-order valence-electron chi connectivity index (χ1n) is 7.33. The molecule has 6 heteroatoms. The van der Waals surface area contributed by atoms with Crippen LogP contribution in [0.2, 0.25) is 0 Å². The van der Waals surface area contributed by atoms with Gasteiger partial charge in [0.25, 0.3) is 0 Å². The van der Waals surface area contributed by atoms with Gasteiger partial charge in [-0.3, -0.25) is 0 Å². The Kier molecular flexibility index (Phi) is 5.01. The predicted octanol–water partition coefficient (Wildman–Crippen LogP) is 2.15. The molecular formula is C15H23FN2O2S. The van der Waals surface area contributed by atoms with Crippen LogP contribution in [0.15, 0.2) is 24.3 Å². The Balaban J connectivity index is 2.13. The van der Waals surface area contributed by atoms with E-state index in [9.17, 15) is 12.8 Å². The normalized spacial score (nSPS) is 26.7. The smallest absolute Gasteiger partial charge is 0.216 e. The lowest BCUT2D eigenvalue weighted by Gasteiger charge is -2.42. The van der Waals surface area contributed by atoms with Crippen molar-refractivity contribution in [2.45, 2.75) is 43.9 Å². The summed E-state index contributed by atoms with van der Waals surface area (Å²) < 4.78 is 40.5. The van der Waals surface area contributed by atoms with E-state index in [0.29, 0.717) is 12.1 Å². The third-order valence-corrected chi connectivity index (χ3v) is 5.88. The zero-order chi connectivity index (χ0) is 15.5. The van der Waals surface area contributed by atoms with Crippen molar-refractivity contribution in [2.24, 2.45) is 11.7 Å². The van der Waals surface area contributed by atoms with Gasteiger partial charge in [0.05, 0.1) is 5.75 Å². The summed E-state index contributed by atoms with van der Waals surface area (Å²) in [6, 6.07) is 5.53. The van der Waals surface area contributed by atoms with Gasteiger partial charge in [0, 0.05) is 12.1 Å². The molecule has 21 heavy (non-hydrogen) atoms. The second kappa shape index (κ2) is 6.42. The molecule has 1 saturated carbocycles. The monoisotopic (exact) mass is 314 g/mol. The standard InChI is InChI=1S/C15H23FN2O2S/c1-12-4-2-3-9-15(12,11-17)18-21(19,20)10-13-5-7-14(16)8-6-13/h5-8,12,18H,2-4,9-11,17H2,1H3. The number of halogens is 1. The van der Waals surface area contributed by atoms with Gasteiger partial charge in [-0.25, -0.2) is 17.5 Å². The maximum absolute atomic E-state index is 12.9. The zero-order valence-corrected chi connectivity index (χ0v) is 13.1. The van der Waals surface area contributed by atoms with E-state index < -0.39 is 15.6 Å². The molecule has 0 bridgehead atoms. The van der Waals surface area contributed by atoms with Crippen LogP contribution in [0.1, 0.15) is 38.2 Å². The summed E-state index contributed by atoms with van der Waals surface area (Å²) in [6.07, 6.45) is 3.85. The quantitative estimate of drug-likeness (QED) is 0.875. The molecule has 2 rings (SSSR count). The fourth-order valence-corrected chi connectivity index (χ4v) is 4.77. The summed E-state index contributed by atoms with van der Waals surface area (Å²) in [4.78, 5) is 0. The Morgan fingerprint density at radius 3 is 2.57 bits per heavy atom. The van der Waals surface area contributed by atoms with E-state index in [-0.39, 0.29) is 17.5 Å². The molecule has 0 heterocycles. The van der Waals surface area contributed by atoms with Gasteiger partial charge in [0.15, 0.2) is 0 Å². The molecule has 4 nitrogen and oxygen atoms in total. The van der Waals surface area contributed by atoms with E-state index in [4.69, 9.17) is 5.73 Å². The molecule has 1 aliphatic carbocycles. The lowest BCUT2D eigenvalue weighted by Crippen LogP contribution is -2.59. The summed E-state index contributed by atoms with van der Waals surface area (Å²) in [7, 11) is -3.50. The molecule has 2 atom stereocenters. The first-order valence-corrected chi connectivity index (χ1v) is 8.98. The van der Waals surface area contributed by atoms with Crippen molar-refractivity contribution in [1.82, 2.24) is 4.72 Å². The van der Waals surface area contributed by atoms with Crippen molar-refractivity contribution in [2.75, 3.05) is 6.54 Å². The van der Waals surface area contributed by atoms with Crippen LogP contribution in [0.5, 0.6) is 0 Å². The fourth-order valence-electron chi connectivity index (χ4n) is 3.06. The first kappa shape index (κ1) is 16.4. The minimum absolute atomic E-state index is 0.151. The summed E-state index contributed by atoms with van der Waals surface area (Å²) in [6.45, 7) is 2.35.